The average molecular weight is 712 g/mol. The summed E-state index contributed by atoms with van der Waals surface area (Å²) in [6.45, 7) is 18.1. The maximum absolute atomic E-state index is 13.7. The summed E-state index contributed by atoms with van der Waals surface area (Å²) in [6.07, 6.45) is -0.0536. The van der Waals surface area contributed by atoms with Crippen molar-refractivity contribution in [2.24, 2.45) is 0 Å². The Hall–Kier alpha value is -3.08. The van der Waals surface area contributed by atoms with Crippen molar-refractivity contribution in [2.75, 3.05) is 33.7 Å². The number of nitrogens with one attached hydrogen (secondary N) is 1. The summed E-state index contributed by atoms with van der Waals surface area (Å²) < 4.78 is 22.8. The summed E-state index contributed by atoms with van der Waals surface area (Å²) in [5.74, 6) is -0.0384. The number of esters is 1. The lowest BCUT2D eigenvalue weighted by Crippen LogP contribution is -2.44. The van der Waals surface area contributed by atoms with Crippen molar-refractivity contribution in [1.82, 2.24) is 10.2 Å². The fraction of sp³-hybridized carbons (Fsp3) is 0.513. The van der Waals surface area contributed by atoms with Crippen LogP contribution in [0.5, 0.6) is 11.5 Å². The van der Waals surface area contributed by atoms with Gasteiger partial charge in [-0.3, -0.25) is 9.46 Å². The third kappa shape index (κ3) is 13.2. The lowest BCUT2D eigenvalue weighted by atomic mass is 9.86. The minimum absolute atomic E-state index is 0.00990. The number of carbonyl (C=O) groups is 1. The predicted octanol–water partition coefficient (Wildman–Crippen LogP) is 6.08. The van der Waals surface area contributed by atoms with Crippen LogP contribution in [0.25, 0.3) is 0 Å². The molecule has 0 saturated heterocycles. The zero-order valence-corrected chi connectivity index (χ0v) is 32.4. The first-order chi connectivity index (χ1) is 23.1. The summed E-state index contributed by atoms with van der Waals surface area (Å²) in [4.78, 5) is 37.3. The normalized spacial score (nSPS) is 14.9. The number of rotatable bonds is 17. The largest absolute Gasteiger partial charge is 0.746 e. The third-order valence-electron chi connectivity index (χ3n) is 8.63. The number of hydrogen-bond donors (Lipinski definition) is 3. The van der Waals surface area contributed by atoms with Gasteiger partial charge in [-0.1, -0.05) is 54.1 Å². The maximum Gasteiger partial charge on any atom is 0.367 e. The molecule has 0 aliphatic rings. The molecule has 3 aromatic carbocycles. The quantitative estimate of drug-likeness (QED) is 0.0660. The third-order valence-corrected chi connectivity index (χ3v) is 9.06. The zero-order chi connectivity index (χ0) is 37.4. The van der Waals surface area contributed by atoms with Gasteiger partial charge in [0.25, 0.3) is 0 Å². The van der Waals surface area contributed by atoms with Crippen molar-refractivity contribution in [3.8, 4) is 11.5 Å². The van der Waals surface area contributed by atoms with Crippen molar-refractivity contribution < 1.29 is 38.0 Å². The van der Waals surface area contributed by atoms with Crippen LogP contribution < -0.4 is 19.5 Å². The Morgan fingerprint density at radius 1 is 0.960 bits per heavy atom. The van der Waals surface area contributed by atoms with Gasteiger partial charge in [-0.15, -0.1) is 0 Å². The summed E-state index contributed by atoms with van der Waals surface area (Å²) in [6, 6.07) is 21.6. The molecule has 0 aromatic heterocycles. The molecule has 0 spiro atoms. The van der Waals surface area contributed by atoms with E-state index in [9.17, 15) is 24.3 Å². The fourth-order valence-electron chi connectivity index (χ4n) is 6.30. The van der Waals surface area contributed by atoms with Gasteiger partial charge in [-0.25, -0.2) is 4.79 Å². The van der Waals surface area contributed by atoms with Crippen molar-refractivity contribution in [1.29, 1.82) is 0 Å². The van der Waals surface area contributed by atoms with Crippen molar-refractivity contribution >= 4 is 13.8 Å². The molecule has 0 saturated carbocycles. The number of aryl methyl sites for hydroxylation is 1. The molecule has 0 heterocycles. The number of quaternary nitrogens is 1. The van der Waals surface area contributed by atoms with E-state index in [1.54, 1.807) is 12.1 Å². The molecule has 3 N–H and O–H groups in total. The Labute approximate surface area is 299 Å². The van der Waals surface area contributed by atoms with Gasteiger partial charge >= 0.3 is 13.8 Å². The number of β-amino-alcohol motifs (C(OH)–C–C–N with tert-alkyl or cyclic N) is 1. The smallest absolute Gasteiger partial charge is 0.367 e. The van der Waals surface area contributed by atoms with Crippen LogP contribution in [0.3, 0.4) is 0 Å². The zero-order valence-electron chi connectivity index (χ0n) is 31.5. The second kappa shape index (κ2) is 17.4. The first-order valence-electron chi connectivity index (χ1n) is 17.4. The van der Waals surface area contributed by atoms with E-state index in [1.807, 2.05) is 72.1 Å². The lowest BCUT2D eigenvalue weighted by molar-refractivity contribution is -0.896. The maximum atomic E-state index is 13.7. The van der Waals surface area contributed by atoms with E-state index in [4.69, 9.17) is 9.26 Å². The molecule has 3 rings (SSSR count). The SMILES string of the molecule is Cc1ccc(OC(=O)C[N+](C)(C)Cc2cc(C(O)CNC(C)(C)C)ccc2OP(=O)([O-])O)c(C(CCN(C(C)C)C(C)C)c2ccccc2)c1. The van der Waals surface area contributed by atoms with Crippen LogP contribution in [0.15, 0.2) is 66.7 Å². The first kappa shape index (κ1) is 41.3. The minimum atomic E-state index is -5.12. The van der Waals surface area contributed by atoms with E-state index in [-0.39, 0.29) is 41.3 Å². The molecule has 10 nitrogen and oxygen atoms in total. The van der Waals surface area contributed by atoms with Crippen LogP contribution in [-0.4, -0.2) is 76.7 Å². The number of phosphoric ester groups is 1. The number of hydrogen-bond acceptors (Lipinski definition) is 8. The molecule has 0 amide bonds. The van der Waals surface area contributed by atoms with Gasteiger partial charge in [-0.2, -0.15) is 0 Å². The first-order valence-corrected chi connectivity index (χ1v) is 18.9. The number of ether oxygens (including phenoxy) is 1. The van der Waals surface area contributed by atoms with Gasteiger partial charge in [0, 0.05) is 41.2 Å². The van der Waals surface area contributed by atoms with Crippen LogP contribution >= 0.6 is 7.82 Å². The second-order valence-corrected chi connectivity index (χ2v) is 16.6. The number of carbonyl (C=O) groups excluding carboxylic acids is 1. The van der Waals surface area contributed by atoms with Crippen LogP contribution in [-0.2, 0) is 15.9 Å². The molecule has 3 aromatic rings. The van der Waals surface area contributed by atoms with Crippen molar-refractivity contribution in [2.45, 2.75) is 98.0 Å². The van der Waals surface area contributed by atoms with E-state index >= 15 is 0 Å². The van der Waals surface area contributed by atoms with Gasteiger partial charge in [0.2, 0.25) is 0 Å². The highest BCUT2D eigenvalue weighted by Crippen LogP contribution is 2.38. The Bertz CT molecular complexity index is 1590. The molecule has 276 valence electrons. The van der Waals surface area contributed by atoms with E-state index in [1.165, 1.54) is 6.07 Å². The molecule has 0 bridgehead atoms. The van der Waals surface area contributed by atoms with Gasteiger partial charge < -0.3 is 34.0 Å². The Morgan fingerprint density at radius 2 is 1.58 bits per heavy atom. The molecular formula is C39H58N3O7P. The number of nitrogens with zero attached hydrogens (tertiary/aromatic N) is 2. The number of benzene rings is 3. The van der Waals surface area contributed by atoms with Crippen molar-refractivity contribution in [3.05, 3.63) is 94.5 Å². The van der Waals surface area contributed by atoms with Gasteiger partial charge in [0.1, 0.15) is 18.0 Å². The topological polar surface area (TPSA) is 131 Å². The molecule has 0 radical (unpaired) electrons. The summed E-state index contributed by atoms with van der Waals surface area (Å²) in [5, 5.41) is 14.1. The molecular weight excluding hydrogens is 653 g/mol. The highest BCUT2D eigenvalue weighted by molar-refractivity contribution is 7.45. The molecule has 11 heteroatoms. The van der Waals surface area contributed by atoms with Crippen LogP contribution in [0, 0.1) is 6.92 Å². The predicted molar refractivity (Wildman–Crippen MR) is 197 cm³/mol. The Morgan fingerprint density at radius 3 is 2.16 bits per heavy atom. The van der Waals surface area contributed by atoms with Crippen LogP contribution in [0.1, 0.15) is 94.7 Å². The standard InChI is InChI=1S/C39H58N3O7P/c1-27(2)41(28(3)4)21-20-33(30-14-12-11-13-15-30)34-22-29(5)16-18-37(34)48-38(44)26-42(9,10)25-32-23-31(35(43)24-40-39(6,7)8)17-19-36(32)49-50(45,46)47/h11-19,22-23,27-28,33,35,40,43H,20-21,24-26H2,1-10H3,(H-,45,46,47). The number of likely N-dealkylation sites (N-methyl/N-ethyl adjacent to an activating group) is 1. The molecule has 0 aliphatic carbocycles. The number of phosphoric acid groups is 1. The molecule has 3 atom stereocenters. The molecule has 0 aliphatic heterocycles. The molecule has 3 unspecified atom stereocenters. The number of aliphatic hydroxyl groups is 1. The Balaban J connectivity index is 1.89. The minimum Gasteiger partial charge on any atom is -0.746 e. The van der Waals surface area contributed by atoms with Crippen LogP contribution in [0.2, 0.25) is 0 Å². The monoisotopic (exact) mass is 711 g/mol. The summed E-state index contributed by atoms with van der Waals surface area (Å²) >= 11 is 0. The van der Waals surface area contributed by atoms with Gasteiger partial charge in [0.15, 0.2) is 6.54 Å². The van der Waals surface area contributed by atoms with Gasteiger partial charge in [0.05, 0.1) is 20.2 Å². The summed E-state index contributed by atoms with van der Waals surface area (Å²) in [5.41, 5.74) is 3.87. The van der Waals surface area contributed by atoms with E-state index in [2.05, 4.69) is 56.1 Å². The average Bonchev–Trinajstić information content (AvgIpc) is 2.98. The highest BCUT2D eigenvalue weighted by atomic mass is 31.2. The van der Waals surface area contributed by atoms with E-state index in [0.717, 1.165) is 29.7 Å². The fourth-order valence-corrected chi connectivity index (χ4v) is 6.72. The lowest BCUT2D eigenvalue weighted by Gasteiger charge is -2.32. The van der Waals surface area contributed by atoms with Gasteiger partial charge in [-0.05, 0) is 97.7 Å². The van der Waals surface area contributed by atoms with Crippen LogP contribution in [0.4, 0.5) is 0 Å². The Kier molecular flexibility index (Phi) is 14.4. The van der Waals surface area contributed by atoms with E-state index in [0.29, 0.717) is 29.0 Å². The summed E-state index contributed by atoms with van der Waals surface area (Å²) in [7, 11) is -1.48. The second-order valence-electron chi connectivity index (χ2n) is 15.5. The molecule has 50 heavy (non-hydrogen) atoms. The van der Waals surface area contributed by atoms with E-state index < -0.39 is 19.9 Å². The highest BCUT2D eigenvalue weighted by Gasteiger charge is 2.28. The van der Waals surface area contributed by atoms with Crippen molar-refractivity contribution in [3.63, 3.8) is 0 Å². The molecule has 0 fully saturated rings. The number of aliphatic hydroxyl groups excluding tert-OH is 1.